The summed E-state index contributed by atoms with van der Waals surface area (Å²) >= 11 is 0. The molecule has 0 aromatic carbocycles. The fourth-order valence-electron chi connectivity index (χ4n) is 2.80. The molecule has 0 spiro atoms. The number of aromatic nitrogens is 2. The van der Waals surface area contributed by atoms with E-state index in [4.69, 9.17) is 10.5 Å². The summed E-state index contributed by atoms with van der Waals surface area (Å²) in [5.41, 5.74) is 7.24. The predicted molar refractivity (Wildman–Crippen MR) is 77.4 cm³/mol. The molecule has 1 fully saturated rings. The lowest BCUT2D eigenvalue weighted by Gasteiger charge is -2.37. The van der Waals surface area contributed by atoms with Crippen LogP contribution >= 0.6 is 0 Å². The van der Waals surface area contributed by atoms with E-state index in [0.29, 0.717) is 18.6 Å². The summed E-state index contributed by atoms with van der Waals surface area (Å²) < 4.78 is 7.37. The summed E-state index contributed by atoms with van der Waals surface area (Å²) in [5, 5.41) is 0. The zero-order chi connectivity index (χ0) is 13.8. The highest BCUT2D eigenvalue weighted by atomic mass is 16.5. The molecule has 1 aromatic rings. The molecule has 2 rings (SSSR count). The van der Waals surface area contributed by atoms with Crippen LogP contribution in [0.2, 0.25) is 0 Å². The van der Waals surface area contributed by atoms with Gasteiger partial charge in [0.1, 0.15) is 0 Å². The average molecular weight is 266 g/mol. The number of nitrogens with zero attached hydrogens (tertiary/aromatic N) is 3. The molecule has 108 valence electrons. The Morgan fingerprint density at radius 2 is 2.32 bits per heavy atom. The van der Waals surface area contributed by atoms with Gasteiger partial charge < -0.3 is 19.9 Å². The lowest BCUT2D eigenvalue weighted by atomic mass is 9.91. The van der Waals surface area contributed by atoms with E-state index in [2.05, 4.69) is 27.6 Å². The van der Waals surface area contributed by atoms with Crippen LogP contribution < -0.4 is 10.6 Å². The van der Waals surface area contributed by atoms with Gasteiger partial charge in [-0.15, -0.1) is 0 Å². The monoisotopic (exact) mass is 266 g/mol. The Labute approximate surface area is 115 Å². The van der Waals surface area contributed by atoms with Crippen molar-refractivity contribution in [2.45, 2.75) is 39.3 Å². The average Bonchev–Trinajstić information content (AvgIpc) is 2.78. The number of ether oxygens (including phenoxy) is 1. The molecule has 5 nitrogen and oxygen atoms in total. The van der Waals surface area contributed by atoms with E-state index < -0.39 is 0 Å². The molecule has 2 unspecified atom stereocenters. The lowest BCUT2D eigenvalue weighted by molar-refractivity contribution is 0.187. The summed E-state index contributed by atoms with van der Waals surface area (Å²) in [7, 11) is 1.73. The second kappa shape index (κ2) is 6.39. The van der Waals surface area contributed by atoms with Gasteiger partial charge in [-0.2, -0.15) is 0 Å². The number of anilines is 1. The number of imidazole rings is 1. The number of aryl methyl sites for hydroxylation is 1. The van der Waals surface area contributed by atoms with Gasteiger partial charge in [-0.05, 0) is 19.3 Å². The molecule has 1 aliphatic rings. The molecular formula is C14H26N4O. The number of methoxy groups -OCH3 is 1. The van der Waals surface area contributed by atoms with E-state index in [1.165, 1.54) is 0 Å². The number of nitrogens with two attached hydrogens (primary N) is 1. The van der Waals surface area contributed by atoms with Gasteiger partial charge in [0.05, 0.1) is 12.3 Å². The zero-order valence-corrected chi connectivity index (χ0v) is 12.3. The highest BCUT2D eigenvalue weighted by molar-refractivity contribution is 5.34. The van der Waals surface area contributed by atoms with Gasteiger partial charge in [0.25, 0.3) is 0 Å². The fraction of sp³-hybridized carbons (Fsp3) is 0.786. The maximum atomic E-state index is 6.18. The van der Waals surface area contributed by atoms with Gasteiger partial charge in [-0.1, -0.05) is 13.3 Å². The highest BCUT2D eigenvalue weighted by Gasteiger charge is 2.27. The van der Waals surface area contributed by atoms with Crippen LogP contribution in [0.1, 0.15) is 25.5 Å². The van der Waals surface area contributed by atoms with Gasteiger partial charge >= 0.3 is 0 Å². The zero-order valence-electron chi connectivity index (χ0n) is 12.3. The first-order valence-electron chi connectivity index (χ1n) is 7.19. The normalized spacial score (nSPS) is 23.9. The van der Waals surface area contributed by atoms with Crippen LogP contribution in [0.3, 0.4) is 0 Å². The maximum absolute atomic E-state index is 6.18. The van der Waals surface area contributed by atoms with Gasteiger partial charge in [-0.25, -0.2) is 4.98 Å². The van der Waals surface area contributed by atoms with Crippen LogP contribution in [0.5, 0.6) is 0 Å². The van der Waals surface area contributed by atoms with E-state index in [1.807, 2.05) is 6.92 Å². The van der Waals surface area contributed by atoms with Crippen molar-refractivity contribution in [2.75, 3.05) is 31.7 Å². The molecule has 0 aliphatic carbocycles. The predicted octanol–water partition coefficient (Wildman–Crippen LogP) is 1.40. The van der Waals surface area contributed by atoms with Crippen LogP contribution in [-0.2, 0) is 11.3 Å². The van der Waals surface area contributed by atoms with Gasteiger partial charge in [0, 0.05) is 39.0 Å². The largest absolute Gasteiger partial charge is 0.383 e. The molecule has 19 heavy (non-hydrogen) atoms. The van der Waals surface area contributed by atoms with Crippen molar-refractivity contribution in [3.8, 4) is 0 Å². The summed E-state index contributed by atoms with van der Waals surface area (Å²) in [4.78, 5) is 7.05. The Hall–Kier alpha value is -1.07. The minimum Gasteiger partial charge on any atom is -0.383 e. The third kappa shape index (κ3) is 3.28. The van der Waals surface area contributed by atoms with E-state index in [1.54, 1.807) is 7.11 Å². The third-order valence-electron chi connectivity index (χ3n) is 4.01. The minimum absolute atomic E-state index is 0.338. The quantitative estimate of drug-likeness (QED) is 0.875. The van der Waals surface area contributed by atoms with E-state index in [0.717, 1.165) is 44.1 Å². The number of rotatable bonds is 5. The van der Waals surface area contributed by atoms with Crippen molar-refractivity contribution in [1.82, 2.24) is 9.55 Å². The van der Waals surface area contributed by atoms with Crippen LogP contribution in [0.25, 0.3) is 0 Å². The van der Waals surface area contributed by atoms with Crippen molar-refractivity contribution >= 4 is 5.95 Å². The third-order valence-corrected chi connectivity index (χ3v) is 4.01. The van der Waals surface area contributed by atoms with Crippen LogP contribution in [0.4, 0.5) is 5.95 Å². The molecule has 1 aromatic heterocycles. The Morgan fingerprint density at radius 1 is 1.53 bits per heavy atom. The van der Waals surface area contributed by atoms with Gasteiger partial charge in [-0.3, -0.25) is 0 Å². The second-order valence-electron chi connectivity index (χ2n) is 5.44. The maximum Gasteiger partial charge on any atom is 0.205 e. The van der Waals surface area contributed by atoms with Crippen molar-refractivity contribution in [3.63, 3.8) is 0 Å². The molecule has 2 atom stereocenters. The molecular weight excluding hydrogens is 240 g/mol. The summed E-state index contributed by atoms with van der Waals surface area (Å²) in [6.07, 6.45) is 4.29. The molecule has 1 aliphatic heterocycles. The Bertz CT molecular complexity index is 404. The standard InChI is InChI=1S/C14H26N4O/c1-4-12-10-17(6-5-13(12)15)14-16-11(2)9-18(14)7-8-19-3/h9,12-13H,4-8,10,15H2,1-3H3. The van der Waals surface area contributed by atoms with Crippen molar-refractivity contribution in [2.24, 2.45) is 11.7 Å². The highest BCUT2D eigenvalue weighted by Crippen LogP contribution is 2.24. The Kier molecular flexibility index (Phi) is 4.82. The number of hydrogen-bond donors (Lipinski definition) is 1. The number of hydrogen-bond acceptors (Lipinski definition) is 4. The van der Waals surface area contributed by atoms with Crippen LogP contribution in [0, 0.1) is 12.8 Å². The fourth-order valence-corrected chi connectivity index (χ4v) is 2.80. The molecule has 0 radical (unpaired) electrons. The molecule has 0 amide bonds. The van der Waals surface area contributed by atoms with Gasteiger partial charge in [0.2, 0.25) is 5.95 Å². The van der Waals surface area contributed by atoms with Crippen molar-refractivity contribution < 1.29 is 4.74 Å². The SMILES string of the molecule is CCC1CN(c2nc(C)cn2CCOC)CCC1N. The molecule has 0 bridgehead atoms. The summed E-state index contributed by atoms with van der Waals surface area (Å²) in [6, 6.07) is 0.338. The van der Waals surface area contributed by atoms with Gasteiger partial charge in [0.15, 0.2) is 0 Å². The number of piperidine rings is 1. The van der Waals surface area contributed by atoms with Crippen LogP contribution in [0.15, 0.2) is 6.20 Å². The molecule has 5 heteroatoms. The topological polar surface area (TPSA) is 56.3 Å². The Morgan fingerprint density at radius 3 is 3.00 bits per heavy atom. The van der Waals surface area contributed by atoms with Crippen LogP contribution in [-0.4, -0.2) is 42.4 Å². The first kappa shape index (κ1) is 14.3. The minimum atomic E-state index is 0.338. The molecule has 2 N–H and O–H groups in total. The summed E-state index contributed by atoms with van der Waals surface area (Å²) in [6.45, 7) is 7.85. The summed E-state index contributed by atoms with van der Waals surface area (Å²) in [5.74, 6) is 1.64. The first-order chi connectivity index (χ1) is 9.15. The van der Waals surface area contributed by atoms with E-state index in [-0.39, 0.29) is 0 Å². The smallest absolute Gasteiger partial charge is 0.205 e. The van der Waals surface area contributed by atoms with E-state index in [9.17, 15) is 0 Å². The lowest BCUT2D eigenvalue weighted by Crippen LogP contribution is -2.47. The Balaban J connectivity index is 2.12. The van der Waals surface area contributed by atoms with Crippen molar-refractivity contribution in [3.05, 3.63) is 11.9 Å². The first-order valence-corrected chi connectivity index (χ1v) is 7.19. The van der Waals surface area contributed by atoms with E-state index >= 15 is 0 Å². The molecule has 0 saturated carbocycles. The second-order valence-corrected chi connectivity index (χ2v) is 5.44. The molecule has 1 saturated heterocycles. The van der Waals surface area contributed by atoms with Crippen molar-refractivity contribution in [1.29, 1.82) is 0 Å². The molecule has 2 heterocycles.